The minimum Gasteiger partial charge on any atom is -0.286 e. The van der Waals surface area contributed by atoms with E-state index in [0.717, 1.165) is 19.4 Å². The highest BCUT2D eigenvalue weighted by molar-refractivity contribution is 5.94. The highest BCUT2D eigenvalue weighted by Gasteiger charge is 1.92. The van der Waals surface area contributed by atoms with E-state index in [0.29, 0.717) is 0 Å². The van der Waals surface area contributed by atoms with E-state index in [1.165, 1.54) is 24.1 Å². The molecule has 0 aromatic heterocycles. The van der Waals surface area contributed by atoms with Gasteiger partial charge in [0.05, 0.1) is 6.54 Å². The van der Waals surface area contributed by atoms with Crippen LogP contribution in [0.3, 0.4) is 0 Å². The lowest BCUT2D eigenvalue weighted by molar-refractivity contribution is 0.834. The predicted molar refractivity (Wildman–Crippen MR) is 70.7 cm³/mol. The molecule has 0 bridgehead atoms. The molecule has 86 valence electrons. The van der Waals surface area contributed by atoms with Crippen LogP contribution < -0.4 is 0 Å². The standard InChI is InChI=1S/C14H25N/c1-5-8-10-14(9-6-2)15-12-11-13(4)7-3/h6,9,11H,5,7-8,10,12H2,1-4H3/b9-6+,13-11+,15-14?. The maximum atomic E-state index is 4.59. The Kier molecular flexibility index (Phi) is 9.15. The Balaban J connectivity index is 4.16. The van der Waals surface area contributed by atoms with Crippen molar-refractivity contribution in [3.63, 3.8) is 0 Å². The molecule has 0 aromatic rings. The minimum atomic E-state index is 0.836. The van der Waals surface area contributed by atoms with Crippen LogP contribution in [0.25, 0.3) is 0 Å². The van der Waals surface area contributed by atoms with Gasteiger partial charge in [-0.2, -0.15) is 0 Å². The number of nitrogens with zero attached hydrogens (tertiary/aromatic N) is 1. The molecule has 0 rings (SSSR count). The maximum absolute atomic E-state index is 4.59. The van der Waals surface area contributed by atoms with E-state index in [4.69, 9.17) is 0 Å². The van der Waals surface area contributed by atoms with Crippen LogP contribution in [-0.2, 0) is 0 Å². The van der Waals surface area contributed by atoms with Crippen LogP contribution in [0.1, 0.15) is 53.4 Å². The summed E-state index contributed by atoms with van der Waals surface area (Å²) in [5.41, 5.74) is 2.66. The van der Waals surface area contributed by atoms with Crippen molar-refractivity contribution in [2.45, 2.75) is 53.4 Å². The van der Waals surface area contributed by atoms with Crippen LogP contribution in [0.2, 0.25) is 0 Å². The fourth-order valence-electron chi connectivity index (χ4n) is 1.23. The Bertz CT molecular complexity index is 234. The molecular formula is C14H25N. The zero-order valence-electron chi connectivity index (χ0n) is 10.7. The van der Waals surface area contributed by atoms with Crippen molar-refractivity contribution >= 4 is 5.71 Å². The summed E-state index contributed by atoms with van der Waals surface area (Å²) in [5, 5.41) is 0. The van der Waals surface area contributed by atoms with Gasteiger partial charge in [-0.05, 0) is 39.2 Å². The maximum Gasteiger partial charge on any atom is 0.0576 e. The average Bonchev–Trinajstić information content (AvgIpc) is 2.25. The van der Waals surface area contributed by atoms with Crippen molar-refractivity contribution < 1.29 is 0 Å². The summed E-state index contributed by atoms with van der Waals surface area (Å²) in [7, 11) is 0. The second-order valence-corrected chi connectivity index (χ2v) is 3.84. The number of hydrogen-bond donors (Lipinski definition) is 0. The molecule has 0 aliphatic carbocycles. The molecule has 0 amide bonds. The summed E-state index contributed by atoms with van der Waals surface area (Å²) >= 11 is 0. The molecule has 0 unspecified atom stereocenters. The fraction of sp³-hybridized carbons (Fsp3) is 0.643. The number of allylic oxidation sites excluding steroid dienone is 3. The van der Waals surface area contributed by atoms with E-state index in [9.17, 15) is 0 Å². The first-order valence-corrected chi connectivity index (χ1v) is 6.06. The van der Waals surface area contributed by atoms with Gasteiger partial charge >= 0.3 is 0 Å². The normalized spacial score (nSPS) is 13.9. The first-order valence-electron chi connectivity index (χ1n) is 6.06. The Morgan fingerprint density at radius 1 is 1.27 bits per heavy atom. The third-order valence-electron chi connectivity index (χ3n) is 2.44. The van der Waals surface area contributed by atoms with Crippen LogP contribution in [0, 0.1) is 0 Å². The lowest BCUT2D eigenvalue weighted by Crippen LogP contribution is -1.95. The lowest BCUT2D eigenvalue weighted by Gasteiger charge is -1.99. The zero-order valence-corrected chi connectivity index (χ0v) is 10.7. The van der Waals surface area contributed by atoms with Crippen molar-refractivity contribution in [2.75, 3.05) is 6.54 Å². The Morgan fingerprint density at radius 2 is 2.00 bits per heavy atom. The van der Waals surface area contributed by atoms with Gasteiger partial charge < -0.3 is 0 Å². The topological polar surface area (TPSA) is 12.4 Å². The van der Waals surface area contributed by atoms with Crippen molar-refractivity contribution in [1.82, 2.24) is 0 Å². The number of rotatable bonds is 7. The van der Waals surface area contributed by atoms with Gasteiger partial charge in [-0.3, -0.25) is 4.99 Å². The van der Waals surface area contributed by atoms with E-state index in [-0.39, 0.29) is 0 Å². The molecule has 0 fully saturated rings. The highest BCUT2D eigenvalue weighted by atomic mass is 14.7. The Hall–Kier alpha value is -0.850. The Morgan fingerprint density at radius 3 is 2.53 bits per heavy atom. The SMILES string of the molecule is C/C=C/C(CCCC)=NC/C=C(\C)CC. The highest BCUT2D eigenvalue weighted by Crippen LogP contribution is 2.01. The van der Waals surface area contributed by atoms with E-state index in [1.807, 2.05) is 0 Å². The van der Waals surface area contributed by atoms with Gasteiger partial charge in [-0.1, -0.05) is 38.0 Å². The molecule has 0 atom stereocenters. The fourth-order valence-corrected chi connectivity index (χ4v) is 1.23. The van der Waals surface area contributed by atoms with Gasteiger partial charge in [-0.25, -0.2) is 0 Å². The molecule has 0 saturated heterocycles. The quantitative estimate of drug-likeness (QED) is 0.429. The molecule has 15 heavy (non-hydrogen) atoms. The molecule has 0 radical (unpaired) electrons. The van der Waals surface area contributed by atoms with Crippen LogP contribution in [0.15, 0.2) is 28.8 Å². The first-order chi connectivity index (χ1) is 7.24. The second-order valence-electron chi connectivity index (χ2n) is 3.84. The van der Waals surface area contributed by atoms with Gasteiger partial charge in [0.1, 0.15) is 0 Å². The summed E-state index contributed by atoms with van der Waals surface area (Å²) < 4.78 is 0. The smallest absolute Gasteiger partial charge is 0.0576 e. The van der Waals surface area contributed by atoms with Gasteiger partial charge in [0.2, 0.25) is 0 Å². The van der Waals surface area contributed by atoms with E-state index in [2.05, 4.69) is 50.9 Å². The number of aliphatic imine (C=N–C) groups is 1. The van der Waals surface area contributed by atoms with Gasteiger partial charge in [0.15, 0.2) is 0 Å². The third-order valence-corrected chi connectivity index (χ3v) is 2.44. The lowest BCUT2D eigenvalue weighted by atomic mass is 10.1. The van der Waals surface area contributed by atoms with Crippen molar-refractivity contribution in [3.05, 3.63) is 23.8 Å². The monoisotopic (exact) mass is 207 g/mol. The molecule has 0 N–H and O–H groups in total. The predicted octanol–water partition coefficient (Wildman–Crippen LogP) is 4.55. The summed E-state index contributed by atoms with van der Waals surface area (Å²) in [6, 6.07) is 0. The average molecular weight is 207 g/mol. The minimum absolute atomic E-state index is 0.836. The molecule has 0 saturated carbocycles. The Labute approximate surface area is 95.0 Å². The van der Waals surface area contributed by atoms with E-state index in [1.54, 1.807) is 0 Å². The van der Waals surface area contributed by atoms with Gasteiger partial charge in [0, 0.05) is 5.71 Å². The van der Waals surface area contributed by atoms with Crippen molar-refractivity contribution in [2.24, 2.45) is 4.99 Å². The van der Waals surface area contributed by atoms with Crippen LogP contribution in [0.4, 0.5) is 0 Å². The summed E-state index contributed by atoms with van der Waals surface area (Å²) in [5.74, 6) is 0. The zero-order chi connectivity index (χ0) is 11.5. The largest absolute Gasteiger partial charge is 0.286 e. The van der Waals surface area contributed by atoms with Crippen molar-refractivity contribution in [3.8, 4) is 0 Å². The molecule has 1 nitrogen and oxygen atoms in total. The summed E-state index contributed by atoms with van der Waals surface area (Å²) in [6.45, 7) is 9.45. The second kappa shape index (κ2) is 9.70. The van der Waals surface area contributed by atoms with E-state index >= 15 is 0 Å². The molecule has 0 aromatic carbocycles. The summed E-state index contributed by atoms with van der Waals surface area (Å²) in [4.78, 5) is 4.59. The molecule has 0 spiro atoms. The third kappa shape index (κ3) is 8.17. The first kappa shape index (κ1) is 14.2. The molecular weight excluding hydrogens is 182 g/mol. The van der Waals surface area contributed by atoms with E-state index < -0.39 is 0 Å². The summed E-state index contributed by atoms with van der Waals surface area (Å²) in [6.07, 6.45) is 11.1. The van der Waals surface area contributed by atoms with Crippen molar-refractivity contribution in [1.29, 1.82) is 0 Å². The van der Waals surface area contributed by atoms with Crippen LogP contribution in [0.5, 0.6) is 0 Å². The molecule has 0 aliphatic rings. The molecule has 0 heterocycles. The van der Waals surface area contributed by atoms with Crippen LogP contribution in [-0.4, -0.2) is 12.3 Å². The van der Waals surface area contributed by atoms with Crippen LogP contribution >= 0.6 is 0 Å². The van der Waals surface area contributed by atoms with Gasteiger partial charge in [-0.15, -0.1) is 0 Å². The number of hydrogen-bond acceptors (Lipinski definition) is 1. The molecule has 0 aliphatic heterocycles. The van der Waals surface area contributed by atoms with Gasteiger partial charge in [0.25, 0.3) is 0 Å². The number of unbranched alkanes of at least 4 members (excludes halogenated alkanes) is 1. The molecule has 1 heteroatoms.